The predicted octanol–water partition coefficient (Wildman–Crippen LogP) is 1.91. The number of aromatic nitrogens is 2. The second-order valence-corrected chi connectivity index (χ2v) is 5.91. The molecule has 0 aliphatic heterocycles. The number of benzene rings is 1. The highest BCUT2D eigenvalue weighted by molar-refractivity contribution is 7.98. The van der Waals surface area contributed by atoms with Crippen LogP contribution in [0, 0.1) is 5.92 Å². The smallest absolute Gasteiger partial charge is 0.331 e. The number of hydrogen-bond acceptors (Lipinski definition) is 4. The van der Waals surface area contributed by atoms with Crippen LogP contribution in [0.3, 0.4) is 0 Å². The van der Waals surface area contributed by atoms with E-state index in [9.17, 15) is 14.7 Å². The molecular formula is C15H18N2O3S. The second-order valence-electron chi connectivity index (χ2n) is 5.00. The summed E-state index contributed by atoms with van der Waals surface area (Å²) in [7, 11) is 0. The molecule has 6 heteroatoms. The Kier molecular flexibility index (Phi) is 4.90. The van der Waals surface area contributed by atoms with Crippen molar-refractivity contribution in [2.24, 2.45) is 5.92 Å². The zero-order valence-electron chi connectivity index (χ0n) is 12.0. The molecule has 1 atom stereocenters. The lowest BCUT2D eigenvalue weighted by Crippen LogP contribution is -2.32. The van der Waals surface area contributed by atoms with Crippen LogP contribution >= 0.6 is 11.8 Å². The van der Waals surface area contributed by atoms with Crippen LogP contribution in [0.4, 0.5) is 0 Å². The standard InChI is InChI=1S/C15H18N2O3S/c1-10(9-21-2)8-17-14(19)12(13(18)16-15(17)20)11-6-4-3-5-7-11/h3-7,10,19H,8-9H2,1-2H3,(H,16,18,20). The normalized spacial score (nSPS) is 12.3. The van der Waals surface area contributed by atoms with Crippen LogP contribution in [-0.2, 0) is 6.54 Å². The van der Waals surface area contributed by atoms with Crippen molar-refractivity contribution in [3.63, 3.8) is 0 Å². The molecule has 2 aromatic rings. The van der Waals surface area contributed by atoms with E-state index in [1.807, 2.05) is 19.2 Å². The van der Waals surface area contributed by atoms with Crippen molar-refractivity contribution >= 4 is 11.8 Å². The second kappa shape index (κ2) is 6.67. The monoisotopic (exact) mass is 306 g/mol. The summed E-state index contributed by atoms with van der Waals surface area (Å²) in [5, 5.41) is 10.4. The first-order valence-corrected chi connectivity index (χ1v) is 8.04. The molecule has 0 amide bonds. The number of H-pyrrole nitrogens is 1. The van der Waals surface area contributed by atoms with Gasteiger partial charge in [0.15, 0.2) is 0 Å². The lowest BCUT2D eigenvalue weighted by atomic mass is 10.1. The first-order chi connectivity index (χ1) is 10.0. The maximum atomic E-state index is 12.0. The van der Waals surface area contributed by atoms with Crippen LogP contribution in [0.5, 0.6) is 5.88 Å². The van der Waals surface area contributed by atoms with Crippen molar-refractivity contribution in [1.82, 2.24) is 9.55 Å². The predicted molar refractivity (Wildman–Crippen MR) is 86.0 cm³/mol. The number of nitrogens with one attached hydrogen (secondary N) is 1. The lowest BCUT2D eigenvalue weighted by Gasteiger charge is -2.15. The Morgan fingerprint density at radius 3 is 2.57 bits per heavy atom. The summed E-state index contributed by atoms with van der Waals surface area (Å²) in [6.07, 6.45) is 1.99. The summed E-state index contributed by atoms with van der Waals surface area (Å²) >= 11 is 1.68. The van der Waals surface area contributed by atoms with Gasteiger partial charge in [0.05, 0.1) is 0 Å². The fourth-order valence-corrected chi connectivity index (χ4v) is 2.92. The number of hydrogen-bond donors (Lipinski definition) is 2. The SMILES string of the molecule is CSCC(C)Cn1c(O)c(-c2ccccc2)c(=O)[nH]c1=O. The van der Waals surface area contributed by atoms with E-state index in [0.717, 1.165) is 5.75 Å². The van der Waals surface area contributed by atoms with Gasteiger partial charge in [-0.1, -0.05) is 37.3 Å². The van der Waals surface area contributed by atoms with Crippen molar-refractivity contribution in [1.29, 1.82) is 0 Å². The van der Waals surface area contributed by atoms with Crippen LogP contribution in [0.1, 0.15) is 6.92 Å². The first kappa shape index (κ1) is 15.4. The molecular weight excluding hydrogens is 288 g/mol. The van der Waals surface area contributed by atoms with E-state index in [1.165, 1.54) is 4.57 Å². The zero-order valence-corrected chi connectivity index (χ0v) is 12.8. The van der Waals surface area contributed by atoms with Crippen molar-refractivity contribution in [3.8, 4) is 17.0 Å². The van der Waals surface area contributed by atoms with Gasteiger partial charge in [-0.25, -0.2) is 4.79 Å². The highest BCUT2D eigenvalue weighted by Crippen LogP contribution is 2.24. The van der Waals surface area contributed by atoms with Gasteiger partial charge in [-0.05, 0) is 23.5 Å². The van der Waals surface area contributed by atoms with Crippen molar-refractivity contribution < 1.29 is 5.11 Å². The molecule has 0 saturated heterocycles. The average Bonchev–Trinajstić information content (AvgIpc) is 2.45. The van der Waals surface area contributed by atoms with Gasteiger partial charge in [-0.15, -0.1) is 0 Å². The first-order valence-electron chi connectivity index (χ1n) is 6.65. The summed E-state index contributed by atoms with van der Waals surface area (Å²) in [5.41, 5.74) is -0.434. The van der Waals surface area contributed by atoms with E-state index in [1.54, 1.807) is 36.0 Å². The Morgan fingerprint density at radius 2 is 1.95 bits per heavy atom. The minimum Gasteiger partial charge on any atom is -0.494 e. The van der Waals surface area contributed by atoms with Gasteiger partial charge >= 0.3 is 5.69 Å². The highest BCUT2D eigenvalue weighted by atomic mass is 32.2. The lowest BCUT2D eigenvalue weighted by molar-refractivity contribution is 0.380. The minimum atomic E-state index is -0.579. The van der Waals surface area contributed by atoms with Crippen molar-refractivity contribution in [3.05, 3.63) is 51.2 Å². The third-order valence-corrected chi connectivity index (χ3v) is 4.08. The van der Waals surface area contributed by atoms with E-state index in [-0.39, 0.29) is 17.4 Å². The summed E-state index contributed by atoms with van der Waals surface area (Å²) in [6.45, 7) is 2.36. The van der Waals surface area contributed by atoms with Gasteiger partial charge in [0.2, 0.25) is 5.88 Å². The largest absolute Gasteiger partial charge is 0.494 e. The quantitative estimate of drug-likeness (QED) is 0.885. The van der Waals surface area contributed by atoms with Gasteiger partial charge in [0.1, 0.15) is 5.56 Å². The van der Waals surface area contributed by atoms with Crippen LogP contribution in [-0.4, -0.2) is 26.7 Å². The molecule has 1 aromatic heterocycles. The topological polar surface area (TPSA) is 75.1 Å². The molecule has 0 saturated carbocycles. The van der Waals surface area contributed by atoms with Gasteiger partial charge in [-0.3, -0.25) is 14.3 Å². The van der Waals surface area contributed by atoms with E-state index in [0.29, 0.717) is 12.1 Å². The molecule has 0 spiro atoms. The minimum absolute atomic E-state index is 0.131. The van der Waals surface area contributed by atoms with E-state index in [4.69, 9.17) is 0 Å². The number of rotatable bonds is 5. The Morgan fingerprint density at radius 1 is 1.29 bits per heavy atom. The third-order valence-electron chi connectivity index (χ3n) is 3.18. The number of aromatic hydroxyl groups is 1. The number of nitrogens with zero attached hydrogens (tertiary/aromatic N) is 1. The van der Waals surface area contributed by atoms with E-state index >= 15 is 0 Å². The summed E-state index contributed by atoms with van der Waals surface area (Å²) < 4.78 is 1.23. The number of aromatic amines is 1. The molecule has 2 N–H and O–H groups in total. The van der Waals surface area contributed by atoms with Gasteiger partial charge < -0.3 is 5.11 Å². The molecule has 5 nitrogen and oxygen atoms in total. The molecule has 1 heterocycles. The fraction of sp³-hybridized carbons (Fsp3) is 0.333. The van der Waals surface area contributed by atoms with Crippen LogP contribution in [0.25, 0.3) is 11.1 Å². The van der Waals surface area contributed by atoms with Crippen LogP contribution in [0.15, 0.2) is 39.9 Å². The molecule has 0 fully saturated rings. The molecule has 21 heavy (non-hydrogen) atoms. The molecule has 1 aromatic carbocycles. The summed E-state index contributed by atoms with van der Waals surface area (Å²) in [4.78, 5) is 26.2. The van der Waals surface area contributed by atoms with Crippen molar-refractivity contribution in [2.45, 2.75) is 13.5 Å². The third kappa shape index (κ3) is 3.39. The molecule has 112 valence electrons. The molecule has 2 rings (SSSR count). The highest BCUT2D eigenvalue weighted by Gasteiger charge is 2.17. The van der Waals surface area contributed by atoms with Crippen LogP contribution in [0.2, 0.25) is 0 Å². The van der Waals surface area contributed by atoms with Crippen molar-refractivity contribution in [2.75, 3.05) is 12.0 Å². The van der Waals surface area contributed by atoms with Gasteiger partial charge in [0, 0.05) is 6.54 Å². The number of thioether (sulfide) groups is 1. The summed E-state index contributed by atoms with van der Waals surface area (Å²) in [6, 6.07) is 8.83. The van der Waals surface area contributed by atoms with Crippen LogP contribution < -0.4 is 11.2 Å². The molecule has 0 aliphatic rings. The summed E-state index contributed by atoms with van der Waals surface area (Å²) in [5.74, 6) is 0.798. The molecule has 1 unspecified atom stereocenters. The molecule has 0 aliphatic carbocycles. The van der Waals surface area contributed by atoms with E-state index in [2.05, 4.69) is 4.98 Å². The maximum Gasteiger partial charge on any atom is 0.331 e. The Labute approximate surface area is 126 Å². The Balaban J connectivity index is 2.53. The fourth-order valence-electron chi connectivity index (χ4n) is 2.24. The zero-order chi connectivity index (χ0) is 15.4. The molecule has 0 bridgehead atoms. The van der Waals surface area contributed by atoms with Gasteiger partial charge in [-0.2, -0.15) is 11.8 Å². The average molecular weight is 306 g/mol. The van der Waals surface area contributed by atoms with E-state index < -0.39 is 11.2 Å². The maximum absolute atomic E-state index is 12.0. The molecule has 0 radical (unpaired) electrons. The van der Waals surface area contributed by atoms with Gasteiger partial charge in [0.25, 0.3) is 5.56 Å². The Hall–Kier alpha value is -1.95. The Bertz CT molecular complexity index is 722.